The summed E-state index contributed by atoms with van der Waals surface area (Å²) in [5.74, 6) is 0.337. The van der Waals surface area contributed by atoms with Gasteiger partial charge in [0.05, 0.1) is 41.0 Å². The Morgan fingerprint density at radius 1 is 1.06 bits per heavy atom. The number of rotatable bonds is 4. The molecule has 0 saturated carbocycles. The van der Waals surface area contributed by atoms with Crippen LogP contribution in [0.5, 0.6) is 11.5 Å². The molecule has 0 aliphatic carbocycles. The molecule has 0 saturated heterocycles. The van der Waals surface area contributed by atoms with Gasteiger partial charge in [0.15, 0.2) is 11.5 Å². The summed E-state index contributed by atoms with van der Waals surface area (Å²) in [5, 5.41) is 11.5. The molecule has 8 heteroatoms. The minimum atomic E-state index is -0.721. The Kier molecular flexibility index (Phi) is 5.36. The summed E-state index contributed by atoms with van der Waals surface area (Å²) in [6, 6.07) is 15.0. The molecular formula is C27H29N3O5. The summed E-state index contributed by atoms with van der Waals surface area (Å²) < 4.78 is 16.7. The third kappa shape index (κ3) is 3.31. The molecule has 0 radical (unpaired) electrons. The molecule has 0 bridgehead atoms. The Morgan fingerprint density at radius 2 is 1.77 bits per heavy atom. The molecule has 0 amide bonds. The number of hydrogen-bond donors (Lipinski definition) is 1. The van der Waals surface area contributed by atoms with E-state index >= 15 is 0 Å². The molecule has 1 aliphatic rings. The minimum Gasteiger partial charge on any atom is -0.504 e. The number of hydrogen-bond acceptors (Lipinski definition) is 5. The molecule has 3 heterocycles. The fraction of sp³-hybridized carbons (Fsp3) is 0.333. The summed E-state index contributed by atoms with van der Waals surface area (Å²) in [5.41, 5.74) is 1.92. The van der Waals surface area contributed by atoms with Crippen LogP contribution >= 0.6 is 0 Å². The smallest absolute Gasteiger partial charge is 0.331 e. The van der Waals surface area contributed by atoms with Crippen LogP contribution < -0.4 is 16.0 Å². The van der Waals surface area contributed by atoms with Crippen LogP contribution in [-0.4, -0.2) is 32.0 Å². The Labute approximate surface area is 202 Å². The van der Waals surface area contributed by atoms with Crippen molar-refractivity contribution >= 4 is 10.9 Å². The lowest BCUT2D eigenvalue weighted by atomic mass is 9.97. The second kappa shape index (κ2) is 8.16. The topological polar surface area (TPSA) is 87.6 Å². The van der Waals surface area contributed by atoms with Crippen LogP contribution in [0.4, 0.5) is 0 Å². The molecule has 1 aliphatic heterocycles. The molecule has 35 heavy (non-hydrogen) atoms. The second-order valence-electron chi connectivity index (χ2n) is 9.50. The molecule has 0 fully saturated rings. The van der Waals surface area contributed by atoms with Gasteiger partial charge in [-0.25, -0.2) is 4.79 Å². The van der Waals surface area contributed by atoms with E-state index in [0.717, 1.165) is 15.8 Å². The number of phenols is 1. The third-order valence-electron chi connectivity index (χ3n) is 6.73. The molecule has 8 nitrogen and oxygen atoms in total. The van der Waals surface area contributed by atoms with E-state index in [2.05, 4.69) is 4.57 Å². The number of ether oxygens (including phenoxy) is 2. The largest absolute Gasteiger partial charge is 0.504 e. The van der Waals surface area contributed by atoms with E-state index in [4.69, 9.17) is 9.47 Å². The van der Waals surface area contributed by atoms with Crippen LogP contribution in [-0.2, 0) is 24.4 Å². The minimum absolute atomic E-state index is 0.0185. The highest BCUT2D eigenvalue weighted by molar-refractivity contribution is 5.96. The van der Waals surface area contributed by atoms with E-state index in [-0.39, 0.29) is 11.3 Å². The predicted octanol–water partition coefficient (Wildman–Crippen LogP) is 3.66. The average molecular weight is 476 g/mol. The number of para-hydroxylation sites is 1. The van der Waals surface area contributed by atoms with Gasteiger partial charge in [0.1, 0.15) is 6.10 Å². The molecule has 5 rings (SSSR count). The highest BCUT2D eigenvalue weighted by Crippen LogP contribution is 2.48. The lowest BCUT2D eigenvalue weighted by Crippen LogP contribution is -2.40. The Morgan fingerprint density at radius 3 is 2.46 bits per heavy atom. The van der Waals surface area contributed by atoms with Gasteiger partial charge in [-0.1, -0.05) is 42.5 Å². The number of nitrogens with zero attached hydrogens (tertiary/aromatic N) is 3. The SMILES string of the molecule is CCOc1cccc(C2OCC(C)(C)n3c(-c4ccccc4)c4c(=O)n(C)c(=O)n(C)c4c32)c1O. The summed E-state index contributed by atoms with van der Waals surface area (Å²) >= 11 is 0. The van der Waals surface area contributed by atoms with E-state index in [1.165, 1.54) is 11.6 Å². The van der Waals surface area contributed by atoms with Gasteiger partial charge in [0.25, 0.3) is 5.56 Å². The van der Waals surface area contributed by atoms with Crippen LogP contribution in [0.2, 0.25) is 0 Å². The Hall–Kier alpha value is -3.78. The van der Waals surface area contributed by atoms with Gasteiger partial charge in [-0.3, -0.25) is 13.9 Å². The van der Waals surface area contributed by atoms with Gasteiger partial charge in [0.2, 0.25) is 0 Å². The van der Waals surface area contributed by atoms with Gasteiger partial charge in [0, 0.05) is 19.7 Å². The summed E-state index contributed by atoms with van der Waals surface area (Å²) in [6.45, 7) is 6.66. The first kappa shape index (κ1) is 23.0. The maximum absolute atomic E-state index is 13.6. The average Bonchev–Trinajstić information content (AvgIpc) is 3.22. The zero-order chi connectivity index (χ0) is 25.1. The highest BCUT2D eigenvalue weighted by Gasteiger charge is 2.41. The van der Waals surface area contributed by atoms with Crippen molar-refractivity contribution in [1.29, 1.82) is 0 Å². The Bertz CT molecular complexity index is 1560. The first-order valence-corrected chi connectivity index (χ1v) is 11.7. The molecule has 2 aromatic heterocycles. The van der Waals surface area contributed by atoms with Crippen molar-refractivity contribution in [1.82, 2.24) is 13.7 Å². The molecule has 1 N–H and O–H groups in total. The van der Waals surface area contributed by atoms with Gasteiger partial charge < -0.3 is 19.1 Å². The van der Waals surface area contributed by atoms with Crippen molar-refractivity contribution in [3.8, 4) is 22.8 Å². The van der Waals surface area contributed by atoms with E-state index < -0.39 is 17.3 Å². The first-order valence-electron chi connectivity index (χ1n) is 11.7. The summed E-state index contributed by atoms with van der Waals surface area (Å²) in [7, 11) is 3.15. The van der Waals surface area contributed by atoms with Crippen molar-refractivity contribution < 1.29 is 14.6 Å². The molecule has 1 unspecified atom stereocenters. The molecule has 0 spiro atoms. The number of benzene rings is 2. The van der Waals surface area contributed by atoms with Crippen molar-refractivity contribution in [3.05, 3.63) is 80.6 Å². The standard InChI is InChI=1S/C27H29N3O5/c1-6-34-18-14-10-13-17(23(18)31)24-22-21-19(25(32)29(5)26(33)28(21)4)20(16-11-8-7-9-12-16)30(22)27(2,3)15-35-24/h7-14,24,31H,6,15H2,1-5H3. The van der Waals surface area contributed by atoms with Crippen molar-refractivity contribution in [2.45, 2.75) is 32.4 Å². The quantitative estimate of drug-likeness (QED) is 0.487. The fourth-order valence-corrected chi connectivity index (χ4v) is 5.13. The fourth-order valence-electron chi connectivity index (χ4n) is 5.13. The van der Waals surface area contributed by atoms with E-state index in [1.54, 1.807) is 25.2 Å². The van der Waals surface area contributed by atoms with Gasteiger partial charge >= 0.3 is 5.69 Å². The summed E-state index contributed by atoms with van der Waals surface area (Å²) in [6.07, 6.45) is -0.721. The first-order chi connectivity index (χ1) is 16.7. The van der Waals surface area contributed by atoms with Crippen molar-refractivity contribution in [2.75, 3.05) is 13.2 Å². The zero-order valence-corrected chi connectivity index (χ0v) is 20.5. The van der Waals surface area contributed by atoms with Crippen LogP contribution in [0, 0.1) is 0 Å². The monoisotopic (exact) mass is 475 g/mol. The van der Waals surface area contributed by atoms with Crippen LogP contribution in [0.3, 0.4) is 0 Å². The van der Waals surface area contributed by atoms with Crippen LogP contribution in [0.1, 0.15) is 38.1 Å². The number of phenolic OH excluding ortho intramolecular Hbond substituents is 1. The van der Waals surface area contributed by atoms with E-state index in [1.807, 2.05) is 51.1 Å². The van der Waals surface area contributed by atoms with Gasteiger partial charge in [-0.2, -0.15) is 0 Å². The van der Waals surface area contributed by atoms with Crippen LogP contribution in [0.25, 0.3) is 22.2 Å². The lowest BCUT2D eigenvalue weighted by molar-refractivity contribution is -0.00812. The number of aromatic hydroxyl groups is 1. The summed E-state index contributed by atoms with van der Waals surface area (Å²) in [4.78, 5) is 26.7. The van der Waals surface area contributed by atoms with Crippen LogP contribution in [0.15, 0.2) is 58.1 Å². The molecular weight excluding hydrogens is 446 g/mol. The Balaban J connectivity index is 1.97. The van der Waals surface area contributed by atoms with Crippen molar-refractivity contribution in [3.63, 3.8) is 0 Å². The third-order valence-corrected chi connectivity index (χ3v) is 6.73. The molecule has 1 atom stereocenters. The second-order valence-corrected chi connectivity index (χ2v) is 9.50. The zero-order valence-electron chi connectivity index (χ0n) is 20.5. The van der Waals surface area contributed by atoms with Crippen molar-refractivity contribution in [2.24, 2.45) is 14.1 Å². The maximum atomic E-state index is 13.6. The van der Waals surface area contributed by atoms with Gasteiger partial charge in [-0.05, 0) is 32.4 Å². The maximum Gasteiger partial charge on any atom is 0.331 e. The highest BCUT2D eigenvalue weighted by atomic mass is 16.5. The molecule has 4 aromatic rings. The van der Waals surface area contributed by atoms with Gasteiger partial charge in [-0.15, -0.1) is 0 Å². The normalized spacial score (nSPS) is 16.9. The number of aryl methyl sites for hydroxylation is 1. The van der Waals surface area contributed by atoms with E-state index in [0.29, 0.717) is 41.1 Å². The lowest BCUT2D eigenvalue weighted by Gasteiger charge is -2.39. The predicted molar refractivity (Wildman–Crippen MR) is 134 cm³/mol. The number of fused-ring (bicyclic) bond motifs is 3. The van der Waals surface area contributed by atoms with E-state index in [9.17, 15) is 14.7 Å². The number of aromatic nitrogens is 3. The molecule has 182 valence electrons. The molecule has 2 aromatic carbocycles.